The molecule has 0 aromatic heterocycles. The predicted molar refractivity (Wildman–Crippen MR) is 247 cm³/mol. The van der Waals surface area contributed by atoms with Gasteiger partial charge in [0.15, 0.2) is 6.10 Å². The first kappa shape index (κ1) is 58.6. The summed E-state index contributed by atoms with van der Waals surface area (Å²) in [5, 5.41) is 40.3. The van der Waals surface area contributed by atoms with Gasteiger partial charge in [0.05, 0.1) is 31.5 Å². The summed E-state index contributed by atoms with van der Waals surface area (Å²) in [4.78, 5) is 46.3. The Morgan fingerprint density at radius 1 is 0.683 bits per heavy atom. The molecular weight excluding hydrogens is 829 g/mol. The third kappa shape index (κ3) is 32.0. The van der Waals surface area contributed by atoms with Crippen molar-refractivity contribution in [2.45, 2.75) is 218 Å². The van der Waals surface area contributed by atoms with Crippen molar-refractivity contribution in [3.8, 4) is 0 Å². The number of rotatable bonds is 41. The molecule has 0 aromatic rings. The van der Waals surface area contributed by atoms with Crippen molar-refractivity contribution in [3.05, 3.63) is 36.5 Å². The average molecular weight is 916 g/mol. The van der Waals surface area contributed by atoms with Crippen LogP contribution < -0.4 is 5.73 Å². The van der Waals surface area contributed by atoms with Crippen molar-refractivity contribution in [3.63, 3.8) is 0 Å². The molecule has 1 aliphatic carbocycles. The summed E-state index contributed by atoms with van der Waals surface area (Å²) in [5.74, 6) is -3.08. The number of aliphatic hydroxyl groups excluding tert-OH is 3. The monoisotopic (exact) mass is 916 g/mol. The molecule has 0 heterocycles. The van der Waals surface area contributed by atoms with Crippen LogP contribution in [0.4, 0.5) is 0 Å². The number of carboxylic acids is 1. The van der Waals surface area contributed by atoms with Crippen molar-refractivity contribution in [2.24, 2.45) is 17.6 Å². The number of carbonyl (C=O) groups is 3. The molecule has 14 nitrogen and oxygen atoms in total. The first-order valence-electron chi connectivity index (χ1n) is 24.3. The lowest BCUT2D eigenvalue weighted by Crippen LogP contribution is -2.34. The second kappa shape index (κ2) is 37.8. The van der Waals surface area contributed by atoms with E-state index in [4.69, 9.17) is 24.8 Å². The van der Waals surface area contributed by atoms with Crippen LogP contribution in [-0.4, -0.2) is 93.5 Å². The Morgan fingerprint density at radius 3 is 1.83 bits per heavy atom. The van der Waals surface area contributed by atoms with Gasteiger partial charge in [-0.2, -0.15) is 0 Å². The summed E-state index contributed by atoms with van der Waals surface area (Å²) in [6, 6.07) is -1.56. The number of unbranched alkanes of at least 4 members (excludes halogenated alkanes) is 18. The zero-order valence-electron chi connectivity index (χ0n) is 38.7. The van der Waals surface area contributed by atoms with Gasteiger partial charge < -0.3 is 40.5 Å². The van der Waals surface area contributed by atoms with E-state index in [9.17, 15) is 39.2 Å². The minimum Gasteiger partial charge on any atom is -0.480 e. The highest BCUT2D eigenvalue weighted by atomic mass is 31.2. The second-order valence-electron chi connectivity index (χ2n) is 17.2. The van der Waals surface area contributed by atoms with Gasteiger partial charge in [-0.05, 0) is 63.7 Å². The van der Waals surface area contributed by atoms with E-state index in [1.165, 1.54) is 77.0 Å². The minimum absolute atomic E-state index is 0.0156. The fourth-order valence-electron chi connectivity index (χ4n) is 7.52. The smallest absolute Gasteiger partial charge is 0.472 e. The molecule has 8 atom stereocenters. The average Bonchev–Trinajstić information content (AvgIpc) is 3.52. The van der Waals surface area contributed by atoms with Gasteiger partial charge in [0.2, 0.25) is 0 Å². The van der Waals surface area contributed by atoms with E-state index in [2.05, 4.69) is 30.5 Å². The minimum atomic E-state index is -4.79. The number of aliphatic carboxylic acids is 1. The Bertz CT molecular complexity index is 1330. The van der Waals surface area contributed by atoms with E-state index in [-0.39, 0.29) is 31.1 Å². The number of carboxylic acid groups (broad SMARTS) is 1. The molecule has 0 spiro atoms. The largest absolute Gasteiger partial charge is 0.480 e. The molecule has 366 valence electrons. The summed E-state index contributed by atoms with van der Waals surface area (Å²) in [6.45, 7) is 2.47. The molecule has 0 saturated heterocycles. The fraction of sp³-hybridized carbons (Fsp3) is 0.812. The van der Waals surface area contributed by atoms with Crippen LogP contribution in [-0.2, 0) is 37.5 Å². The first-order chi connectivity index (χ1) is 30.3. The maximum absolute atomic E-state index is 12.8. The fourth-order valence-corrected chi connectivity index (χ4v) is 8.30. The number of phosphoric ester groups is 1. The summed E-state index contributed by atoms with van der Waals surface area (Å²) in [7, 11) is -4.79. The van der Waals surface area contributed by atoms with Crippen molar-refractivity contribution in [1.82, 2.24) is 0 Å². The van der Waals surface area contributed by atoms with Crippen molar-refractivity contribution >= 4 is 25.7 Å². The molecule has 1 unspecified atom stereocenters. The van der Waals surface area contributed by atoms with E-state index in [0.717, 1.165) is 44.9 Å². The normalized spacial score (nSPS) is 20.4. The van der Waals surface area contributed by atoms with Crippen molar-refractivity contribution in [1.29, 1.82) is 0 Å². The van der Waals surface area contributed by atoms with Crippen molar-refractivity contribution in [2.75, 3.05) is 19.8 Å². The molecule has 7 N–H and O–H groups in total. The summed E-state index contributed by atoms with van der Waals surface area (Å²) >= 11 is 0. The van der Waals surface area contributed by atoms with Gasteiger partial charge in [-0.15, -0.1) is 0 Å². The Labute approximate surface area is 379 Å². The van der Waals surface area contributed by atoms with Gasteiger partial charge in [0, 0.05) is 25.2 Å². The molecule has 1 aliphatic rings. The molecule has 63 heavy (non-hydrogen) atoms. The lowest BCUT2D eigenvalue weighted by atomic mass is 9.89. The molecule has 1 rings (SSSR count). The van der Waals surface area contributed by atoms with Crippen LogP contribution in [0.2, 0.25) is 0 Å². The molecule has 0 radical (unpaired) electrons. The van der Waals surface area contributed by atoms with Gasteiger partial charge in [-0.1, -0.05) is 147 Å². The van der Waals surface area contributed by atoms with Crippen LogP contribution in [0.1, 0.15) is 187 Å². The van der Waals surface area contributed by atoms with E-state index < -0.39 is 76.0 Å². The van der Waals surface area contributed by atoms with Crippen LogP contribution >= 0.6 is 7.82 Å². The van der Waals surface area contributed by atoms with Crippen LogP contribution in [0.25, 0.3) is 0 Å². The zero-order chi connectivity index (χ0) is 46.6. The summed E-state index contributed by atoms with van der Waals surface area (Å²) in [5.41, 5.74) is 5.34. The molecule has 0 aromatic carbocycles. The first-order valence-corrected chi connectivity index (χ1v) is 25.8. The number of carbonyl (C=O) groups excluding carboxylic acids is 2. The number of hydrogen-bond acceptors (Lipinski definition) is 12. The lowest BCUT2D eigenvalue weighted by molar-refractivity contribution is -0.161. The van der Waals surface area contributed by atoms with Gasteiger partial charge in [-0.25, -0.2) is 4.57 Å². The Balaban J connectivity index is 2.44. The van der Waals surface area contributed by atoms with Crippen LogP contribution in [0.5, 0.6) is 0 Å². The highest BCUT2D eigenvalue weighted by Crippen LogP contribution is 2.43. The molecule has 1 saturated carbocycles. The maximum Gasteiger partial charge on any atom is 0.472 e. The second-order valence-corrected chi connectivity index (χ2v) is 18.7. The number of aliphatic hydroxyl groups is 3. The molecule has 1 fully saturated rings. The van der Waals surface area contributed by atoms with Crippen LogP contribution in [0, 0.1) is 11.8 Å². The highest BCUT2D eigenvalue weighted by Gasteiger charge is 2.39. The van der Waals surface area contributed by atoms with Crippen molar-refractivity contribution < 1.29 is 62.8 Å². The third-order valence-electron chi connectivity index (χ3n) is 11.4. The Hall–Kier alpha value is -2.42. The van der Waals surface area contributed by atoms with Crippen LogP contribution in [0.15, 0.2) is 36.5 Å². The maximum atomic E-state index is 12.8. The number of nitrogens with two attached hydrogens (primary N) is 1. The highest BCUT2D eigenvalue weighted by molar-refractivity contribution is 7.47. The van der Waals surface area contributed by atoms with E-state index in [1.807, 2.05) is 18.2 Å². The number of esters is 2. The number of allylic oxidation sites excluding steroid dienone is 4. The molecule has 15 heteroatoms. The summed E-state index contributed by atoms with van der Waals surface area (Å²) < 4.78 is 32.8. The number of phosphoric acid groups is 1. The van der Waals surface area contributed by atoms with E-state index in [0.29, 0.717) is 32.1 Å². The third-order valence-corrected chi connectivity index (χ3v) is 12.4. The van der Waals surface area contributed by atoms with Gasteiger partial charge in [0.25, 0.3) is 0 Å². The predicted octanol–water partition coefficient (Wildman–Crippen LogP) is 9.56. The molecule has 0 amide bonds. The SMILES string of the molecule is CCCCCCCC/C=C\CCCCCCCCCCCC(=O)OC[C@H](COP(=O)(O)OC[C@H](N)C(=O)O)OC(=O)CCC/C=C/C[C@@H]1[C@@H](/C=C/[C@@H](O)CCCCC)[C@H](O)C[C@@H]1O. The topological polar surface area (TPSA) is 232 Å². The molecule has 0 bridgehead atoms. The van der Waals surface area contributed by atoms with Gasteiger partial charge in [-0.3, -0.25) is 23.4 Å². The Morgan fingerprint density at radius 2 is 1.21 bits per heavy atom. The quantitative estimate of drug-likeness (QED) is 0.0145. The zero-order valence-corrected chi connectivity index (χ0v) is 39.6. The van der Waals surface area contributed by atoms with Gasteiger partial charge in [0.1, 0.15) is 12.6 Å². The molecular formula is C48H86NO13P. The lowest BCUT2D eigenvalue weighted by Gasteiger charge is -2.20. The summed E-state index contributed by atoms with van der Waals surface area (Å²) in [6.07, 6.45) is 34.4. The number of hydrogen-bond donors (Lipinski definition) is 6. The van der Waals surface area contributed by atoms with Gasteiger partial charge >= 0.3 is 25.7 Å². The standard InChI is InChI=1S/C48H86NO13P/c1-3-5-7-8-9-10-11-12-13-14-15-16-17-18-19-20-21-22-27-31-46(53)59-36-40(37-60-63(57,58)61-38-43(49)48(55)56)62-47(54)32-28-24-23-26-30-41-42(45(52)35-44(41)51)34-33-39(50)29-25-6-4-2/h12-13,23,26,33-34,39-45,50-52H,3-11,14-22,24-25,27-32,35-38,49H2,1-2H3,(H,55,56)(H,57,58)/b13-12-,26-23+,34-33+/t39-,40+,41+,42+,43-,44-,45+/m0/s1. The van der Waals surface area contributed by atoms with Crippen LogP contribution in [0.3, 0.4) is 0 Å². The molecule has 0 aliphatic heterocycles. The van der Waals surface area contributed by atoms with E-state index in [1.54, 1.807) is 6.08 Å². The Kier molecular flexibility index (Phi) is 35.1. The number of ether oxygens (including phenoxy) is 2. The van der Waals surface area contributed by atoms with E-state index >= 15 is 0 Å².